The lowest BCUT2D eigenvalue weighted by Gasteiger charge is -2.13. The molecule has 1 aliphatic carbocycles. The average molecular weight is 404 g/mol. The number of halogens is 1. The van der Waals surface area contributed by atoms with E-state index in [0.29, 0.717) is 22.4 Å². The van der Waals surface area contributed by atoms with Gasteiger partial charge in [0.2, 0.25) is 0 Å². The number of hydrogen-bond acceptors (Lipinski definition) is 5. The van der Waals surface area contributed by atoms with Crippen LogP contribution >= 0.6 is 11.6 Å². The second-order valence-corrected chi connectivity index (χ2v) is 6.88. The first kappa shape index (κ1) is 18.8. The lowest BCUT2D eigenvalue weighted by Crippen LogP contribution is -2.08. The molecule has 0 aliphatic heterocycles. The van der Waals surface area contributed by atoms with E-state index in [1.165, 1.54) is 0 Å². The van der Waals surface area contributed by atoms with E-state index in [9.17, 15) is 0 Å². The lowest BCUT2D eigenvalue weighted by molar-refractivity contribution is 0.295. The van der Waals surface area contributed by atoms with Gasteiger partial charge in [-0.15, -0.1) is 0 Å². The molecule has 6 heteroatoms. The zero-order valence-electron chi connectivity index (χ0n) is 15.8. The van der Waals surface area contributed by atoms with Crippen molar-refractivity contribution in [2.45, 2.75) is 13.5 Å². The molecule has 144 valence electrons. The second kappa shape index (κ2) is 8.23. The molecule has 0 saturated carbocycles. The number of hydrogen-bond donors (Lipinski definition) is 1. The summed E-state index contributed by atoms with van der Waals surface area (Å²) in [5.41, 5.74) is 6.49. The molecule has 0 radical (unpaired) electrons. The Morgan fingerprint density at radius 2 is 2.03 bits per heavy atom. The van der Waals surface area contributed by atoms with Crippen LogP contribution in [0.3, 0.4) is 0 Å². The van der Waals surface area contributed by atoms with Gasteiger partial charge in [-0.2, -0.15) is 0 Å². The van der Waals surface area contributed by atoms with Crippen molar-refractivity contribution in [3.63, 3.8) is 0 Å². The van der Waals surface area contributed by atoms with Crippen molar-refractivity contribution in [2.24, 2.45) is 0 Å². The molecule has 29 heavy (non-hydrogen) atoms. The largest absolute Gasteiger partial charge is 0.486 e. The highest BCUT2D eigenvalue weighted by molar-refractivity contribution is 6.30. The van der Waals surface area contributed by atoms with Crippen molar-refractivity contribution in [3.05, 3.63) is 107 Å². The van der Waals surface area contributed by atoms with Gasteiger partial charge in [0.25, 0.3) is 0 Å². The standard InChI is InChI=1S/C23H18ClN3O2/c1-15-5-8-18(13-20(15)21-4-3-11-28-21)26-22-12-16(2)25-23(27-22)14-29-19-9-6-17(24)7-10-19/h3-7,9-13H,1,14H2,2H3,(H,25,26,27). The fraction of sp³-hybridized carbons (Fsp3) is 0.0870. The van der Waals surface area contributed by atoms with Crippen molar-refractivity contribution >= 4 is 23.0 Å². The smallest absolute Gasteiger partial charge is 0.168 e. The van der Waals surface area contributed by atoms with Gasteiger partial charge in [0, 0.05) is 22.4 Å². The lowest BCUT2D eigenvalue weighted by atomic mass is 10.0. The Hall–Kier alpha value is -3.53. The molecule has 0 amide bonds. The molecule has 4 rings (SSSR count). The molecule has 1 N–H and O–H groups in total. The van der Waals surface area contributed by atoms with E-state index in [1.807, 2.05) is 49.4 Å². The summed E-state index contributed by atoms with van der Waals surface area (Å²) in [6.07, 6.45) is 5.39. The van der Waals surface area contributed by atoms with Crippen molar-refractivity contribution < 1.29 is 9.15 Å². The Bertz CT molecular complexity index is 1140. The SMILES string of the molecule is C=C1C=C=C(Nc2cc(C)nc(COc3ccc(Cl)cc3)n2)C=C1c1ccco1. The third-order valence-corrected chi connectivity index (χ3v) is 4.42. The molecule has 1 aliphatic rings. The van der Waals surface area contributed by atoms with E-state index in [1.54, 1.807) is 18.4 Å². The highest BCUT2D eigenvalue weighted by atomic mass is 35.5. The van der Waals surface area contributed by atoms with Crippen LogP contribution in [0.4, 0.5) is 5.82 Å². The van der Waals surface area contributed by atoms with E-state index in [4.69, 9.17) is 20.8 Å². The highest BCUT2D eigenvalue weighted by Crippen LogP contribution is 2.27. The summed E-state index contributed by atoms with van der Waals surface area (Å²) in [4.78, 5) is 8.99. The van der Waals surface area contributed by atoms with E-state index in [2.05, 4.69) is 27.6 Å². The van der Waals surface area contributed by atoms with Crippen LogP contribution in [0.5, 0.6) is 5.75 Å². The Labute approximate surface area is 173 Å². The average Bonchev–Trinajstić information content (AvgIpc) is 3.23. The number of furan rings is 1. The van der Waals surface area contributed by atoms with Gasteiger partial charge < -0.3 is 14.5 Å². The molecule has 0 atom stereocenters. The zero-order valence-corrected chi connectivity index (χ0v) is 16.5. The molecular weight excluding hydrogens is 386 g/mol. The van der Waals surface area contributed by atoms with Gasteiger partial charge in [-0.3, -0.25) is 0 Å². The first-order valence-electron chi connectivity index (χ1n) is 8.98. The number of rotatable bonds is 6. The summed E-state index contributed by atoms with van der Waals surface area (Å²) < 4.78 is 11.2. The number of nitrogens with one attached hydrogen (secondary N) is 1. The summed E-state index contributed by atoms with van der Waals surface area (Å²) in [5, 5.41) is 3.93. The Kier molecular flexibility index (Phi) is 5.34. The maximum absolute atomic E-state index is 5.90. The van der Waals surface area contributed by atoms with Gasteiger partial charge in [-0.1, -0.05) is 23.9 Å². The quantitative estimate of drug-likeness (QED) is 0.534. The third kappa shape index (κ3) is 4.66. The minimum atomic E-state index is 0.247. The van der Waals surface area contributed by atoms with Crippen molar-refractivity contribution in [1.82, 2.24) is 9.97 Å². The van der Waals surface area contributed by atoms with E-state index >= 15 is 0 Å². The first-order chi connectivity index (χ1) is 14.1. The Morgan fingerprint density at radius 3 is 2.79 bits per heavy atom. The van der Waals surface area contributed by atoms with Crippen molar-refractivity contribution in [1.29, 1.82) is 0 Å². The summed E-state index contributed by atoms with van der Waals surface area (Å²) in [6, 6.07) is 12.8. The molecule has 3 aromatic rings. The molecule has 0 fully saturated rings. The number of nitrogens with zero attached hydrogens (tertiary/aromatic N) is 2. The number of benzene rings is 1. The Balaban J connectivity index is 1.51. The Morgan fingerprint density at radius 1 is 1.21 bits per heavy atom. The van der Waals surface area contributed by atoms with Gasteiger partial charge >= 0.3 is 0 Å². The number of aromatic nitrogens is 2. The van der Waals surface area contributed by atoms with Crippen LogP contribution in [-0.2, 0) is 6.61 Å². The van der Waals surface area contributed by atoms with Gasteiger partial charge in [0.15, 0.2) is 5.82 Å². The van der Waals surface area contributed by atoms with Gasteiger partial charge in [0.1, 0.15) is 23.9 Å². The van der Waals surface area contributed by atoms with Crippen molar-refractivity contribution in [3.8, 4) is 5.75 Å². The molecule has 5 nitrogen and oxygen atoms in total. The van der Waals surface area contributed by atoms with E-state index in [-0.39, 0.29) is 6.61 Å². The van der Waals surface area contributed by atoms with Crippen LogP contribution < -0.4 is 10.1 Å². The molecule has 0 spiro atoms. The molecule has 0 unspecified atom stereocenters. The topological polar surface area (TPSA) is 60.2 Å². The minimum Gasteiger partial charge on any atom is -0.486 e. The monoisotopic (exact) mass is 403 g/mol. The second-order valence-electron chi connectivity index (χ2n) is 6.44. The van der Waals surface area contributed by atoms with E-state index < -0.39 is 0 Å². The summed E-state index contributed by atoms with van der Waals surface area (Å²) in [6.45, 7) is 6.20. The summed E-state index contributed by atoms with van der Waals surface area (Å²) >= 11 is 5.90. The van der Waals surface area contributed by atoms with Crippen LogP contribution in [0.1, 0.15) is 17.3 Å². The maximum Gasteiger partial charge on any atom is 0.168 e. The maximum atomic E-state index is 5.90. The number of ether oxygens (including phenoxy) is 1. The summed E-state index contributed by atoms with van der Waals surface area (Å²) in [7, 11) is 0. The van der Waals surface area contributed by atoms with Crippen LogP contribution in [0.2, 0.25) is 5.02 Å². The fourth-order valence-electron chi connectivity index (χ4n) is 2.83. The summed E-state index contributed by atoms with van der Waals surface area (Å²) in [5.74, 6) is 2.69. The predicted molar refractivity (Wildman–Crippen MR) is 114 cm³/mol. The normalized spacial score (nSPS) is 13.1. The van der Waals surface area contributed by atoms with Crippen LogP contribution in [0.25, 0.3) is 5.57 Å². The fourth-order valence-corrected chi connectivity index (χ4v) is 2.96. The third-order valence-electron chi connectivity index (χ3n) is 4.17. The molecular formula is C23H18ClN3O2. The zero-order chi connectivity index (χ0) is 20.2. The van der Waals surface area contributed by atoms with Gasteiger partial charge in [-0.25, -0.2) is 9.97 Å². The van der Waals surface area contributed by atoms with Crippen LogP contribution in [-0.4, -0.2) is 9.97 Å². The van der Waals surface area contributed by atoms with E-state index in [0.717, 1.165) is 28.3 Å². The molecule has 0 saturated heterocycles. The first-order valence-corrected chi connectivity index (χ1v) is 9.36. The minimum absolute atomic E-state index is 0.247. The molecule has 2 heterocycles. The van der Waals surface area contributed by atoms with Crippen LogP contribution in [0.15, 0.2) is 88.9 Å². The highest BCUT2D eigenvalue weighted by Gasteiger charge is 2.12. The number of allylic oxidation sites excluding steroid dienone is 3. The van der Waals surface area contributed by atoms with Crippen LogP contribution in [0, 0.1) is 6.92 Å². The number of anilines is 1. The van der Waals surface area contributed by atoms with Crippen molar-refractivity contribution in [2.75, 3.05) is 5.32 Å². The predicted octanol–water partition coefficient (Wildman–Crippen LogP) is 5.71. The number of aryl methyl sites for hydroxylation is 1. The molecule has 0 bridgehead atoms. The molecule has 2 aromatic heterocycles. The molecule has 1 aromatic carbocycles. The van der Waals surface area contributed by atoms with Gasteiger partial charge in [-0.05, 0) is 61.0 Å². The van der Waals surface area contributed by atoms with Gasteiger partial charge in [0.05, 0.1) is 12.0 Å².